The van der Waals surface area contributed by atoms with Gasteiger partial charge in [-0.15, -0.1) is 0 Å². The maximum atomic E-state index is 12.8. The van der Waals surface area contributed by atoms with Crippen LogP contribution >= 0.6 is 23.2 Å². The van der Waals surface area contributed by atoms with Crippen molar-refractivity contribution in [1.82, 2.24) is 4.47 Å². The van der Waals surface area contributed by atoms with Crippen LogP contribution in [0.5, 0.6) is 5.75 Å². The Morgan fingerprint density at radius 2 is 1.76 bits per heavy atom. The van der Waals surface area contributed by atoms with Gasteiger partial charge in [0.25, 0.3) is 10.0 Å². The fourth-order valence-corrected chi connectivity index (χ4v) is 3.86. The predicted molar refractivity (Wildman–Crippen MR) is 94.8 cm³/mol. The molecule has 0 fully saturated rings. The Morgan fingerprint density at radius 3 is 2.28 bits per heavy atom. The van der Waals surface area contributed by atoms with Gasteiger partial charge in [-0.25, -0.2) is 13.2 Å². The second-order valence-corrected chi connectivity index (χ2v) is 7.80. The zero-order chi connectivity index (χ0) is 18.8. The van der Waals surface area contributed by atoms with Gasteiger partial charge >= 0.3 is 5.97 Å². The number of halogens is 2. The lowest BCUT2D eigenvalue weighted by Gasteiger charge is -2.21. The highest BCUT2D eigenvalue weighted by Gasteiger charge is 2.27. The van der Waals surface area contributed by atoms with E-state index < -0.39 is 16.0 Å². The summed E-state index contributed by atoms with van der Waals surface area (Å²) in [5, 5.41) is 9.76. The van der Waals surface area contributed by atoms with Crippen molar-refractivity contribution in [2.45, 2.75) is 18.7 Å². The minimum Gasteiger partial charge on any atom is -0.478 e. The summed E-state index contributed by atoms with van der Waals surface area (Å²) in [7, 11) is -4.09. The van der Waals surface area contributed by atoms with Crippen molar-refractivity contribution in [2.24, 2.45) is 0 Å². The lowest BCUT2D eigenvalue weighted by Crippen LogP contribution is -2.34. The van der Waals surface area contributed by atoms with Gasteiger partial charge in [-0.05, 0) is 42.1 Å². The third-order valence-electron chi connectivity index (χ3n) is 3.31. The first-order chi connectivity index (χ1) is 11.6. The van der Waals surface area contributed by atoms with E-state index >= 15 is 0 Å². The first-order valence-electron chi connectivity index (χ1n) is 7.16. The highest BCUT2D eigenvalue weighted by molar-refractivity contribution is 7.89. The molecule has 0 bridgehead atoms. The van der Waals surface area contributed by atoms with E-state index in [-0.39, 0.29) is 22.8 Å². The molecule has 134 valence electrons. The second kappa shape index (κ2) is 7.61. The van der Waals surface area contributed by atoms with Crippen LogP contribution in [0.15, 0.2) is 41.3 Å². The van der Waals surface area contributed by atoms with E-state index in [0.29, 0.717) is 15.6 Å². The molecule has 0 amide bonds. The van der Waals surface area contributed by atoms with Crippen LogP contribution < -0.4 is 4.84 Å². The van der Waals surface area contributed by atoms with Crippen molar-refractivity contribution in [2.75, 3.05) is 6.54 Å². The molecule has 0 aliphatic heterocycles. The van der Waals surface area contributed by atoms with E-state index in [1.54, 1.807) is 13.8 Å². The normalized spacial score (nSPS) is 11.6. The number of nitrogens with zero attached hydrogens (tertiary/aromatic N) is 1. The van der Waals surface area contributed by atoms with Gasteiger partial charge in [0.05, 0.1) is 10.5 Å². The number of sulfonamides is 1. The summed E-state index contributed by atoms with van der Waals surface area (Å²) < 4.78 is 26.3. The van der Waals surface area contributed by atoms with Crippen LogP contribution in [0.2, 0.25) is 10.0 Å². The fraction of sp³-hybridized carbons (Fsp3) is 0.188. The number of carboxylic acid groups (broad SMARTS) is 1. The van der Waals surface area contributed by atoms with E-state index in [9.17, 15) is 18.3 Å². The Bertz CT molecular complexity index is 894. The Balaban J connectivity index is 2.42. The van der Waals surface area contributed by atoms with Gasteiger partial charge in [-0.2, -0.15) is 0 Å². The molecule has 0 saturated carbocycles. The summed E-state index contributed by atoms with van der Waals surface area (Å²) in [5.41, 5.74) is 0.361. The maximum Gasteiger partial charge on any atom is 0.335 e. The van der Waals surface area contributed by atoms with Gasteiger partial charge in [0.15, 0.2) is 5.75 Å². The predicted octanol–water partition coefficient (Wildman–Crippen LogP) is 4.00. The number of aryl methyl sites for hydroxylation is 1. The molecular weight excluding hydrogens is 389 g/mol. The van der Waals surface area contributed by atoms with Crippen molar-refractivity contribution in [3.05, 3.63) is 57.6 Å². The summed E-state index contributed by atoms with van der Waals surface area (Å²) in [6.45, 7) is 3.15. The minimum absolute atomic E-state index is 0.0112. The van der Waals surface area contributed by atoms with Crippen molar-refractivity contribution >= 4 is 39.2 Å². The number of carboxylic acids is 1. The van der Waals surface area contributed by atoms with Crippen molar-refractivity contribution < 1.29 is 23.2 Å². The first kappa shape index (κ1) is 19.5. The average molecular weight is 404 g/mol. The standard InChI is InChI=1S/C16H15Cl2NO5S/c1-3-19(24-13-7-11(17)6-12(18)8-13)25(22,23)14-5-4-10(2)15(9-14)16(20)21/h4-9H,3H2,1-2H3,(H,20,21). The third kappa shape index (κ3) is 4.43. The monoisotopic (exact) mass is 403 g/mol. The van der Waals surface area contributed by atoms with E-state index in [1.807, 2.05) is 0 Å². The van der Waals surface area contributed by atoms with Crippen LogP contribution in [0, 0.1) is 6.92 Å². The summed E-state index contributed by atoms with van der Waals surface area (Å²) in [6, 6.07) is 8.19. The number of carbonyl (C=O) groups is 1. The van der Waals surface area contributed by atoms with E-state index in [1.165, 1.54) is 30.3 Å². The number of hydrogen-bond donors (Lipinski definition) is 1. The Kier molecular flexibility index (Phi) is 5.95. The number of benzene rings is 2. The Labute approximate surface area is 155 Å². The molecule has 25 heavy (non-hydrogen) atoms. The fourth-order valence-electron chi connectivity index (χ4n) is 2.09. The topological polar surface area (TPSA) is 83.9 Å². The highest BCUT2D eigenvalue weighted by Crippen LogP contribution is 2.27. The van der Waals surface area contributed by atoms with Gasteiger partial charge in [0.1, 0.15) is 0 Å². The molecule has 0 spiro atoms. The molecule has 6 nitrogen and oxygen atoms in total. The van der Waals surface area contributed by atoms with Crippen LogP contribution in [-0.4, -0.2) is 30.5 Å². The summed E-state index contributed by atoms with van der Waals surface area (Å²) in [6.07, 6.45) is 0. The maximum absolute atomic E-state index is 12.8. The van der Waals surface area contributed by atoms with Crippen LogP contribution in [0.4, 0.5) is 0 Å². The molecule has 2 aromatic rings. The van der Waals surface area contributed by atoms with Crippen molar-refractivity contribution in [1.29, 1.82) is 0 Å². The molecule has 0 aromatic heterocycles. The lowest BCUT2D eigenvalue weighted by atomic mass is 10.1. The van der Waals surface area contributed by atoms with Crippen molar-refractivity contribution in [3.63, 3.8) is 0 Å². The zero-order valence-corrected chi connectivity index (χ0v) is 15.7. The number of hydroxylamine groups is 1. The van der Waals surface area contributed by atoms with Gasteiger partial charge < -0.3 is 9.94 Å². The molecule has 0 aliphatic rings. The second-order valence-electron chi connectivity index (χ2n) is 5.10. The average Bonchev–Trinajstić information content (AvgIpc) is 2.51. The molecular formula is C16H15Cl2NO5S. The van der Waals surface area contributed by atoms with Crippen LogP contribution in [0.25, 0.3) is 0 Å². The van der Waals surface area contributed by atoms with Crippen LogP contribution in [0.1, 0.15) is 22.8 Å². The SMILES string of the molecule is CCN(Oc1cc(Cl)cc(Cl)c1)S(=O)(=O)c1ccc(C)c(C(=O)O)c1. The molecule has 0 saturated heterocycles. The smallest absolute Gasteiger partial charge is 0.335 e. The Hall–Kier alpha value is -1.80. The molecule has 0 aliphatic carbocycles. The van der Waals surface area contributed by atoms with Gasteiger partial charge in [-0.1, -0.05) is 29.3 Å². The number of rotatable bonds is 6. The highest BCUT2D eigenvalue weighted by atomic mass is 35.5. The summed E-state index contributed by atoms with van der Waals surface area (Å²) >= 11 is 11.8. The first-order valence-corrected chi connectivity index (χ1v) is 9.35. The molecule has 1 N–H and O–H groups in total. The molecule has 9 heteroatoms. The summed E-state index contributed by atoms with van der Waals surface area (Å²) in [5.74, 6) is -1.06. The summed E-state index contributed by atoms with van der Waals surface area (Å²) in [4.78, 5) is 16.5. The third-order valence-corrected chi connectivity index (χ3v) is 5.46. The molecule has 0 atom stereocenters. The lowest BCUT2D eigenvalue weighted by molar-refractivity contribution is 0.0415. The van der Waals surface area contributed by atoms with Crippen LogP contribution in [-0.2, 0) is 10.0 Å². The quantitative estimate of drug-likeness (QED) is 0.736. The van der Waals surface area contributed by atoms with Gasteiger partial charge in [0.2, 0.25) is 0 Å². The largest absolute Gasteiger partial charge is 0.478 e. The van der Waals surface area contributed by atoms with E-state index in [4.69, 9.17) is 28.0 Å². The molecule has 2 aromatic carbocycles. The molecule has 0 radical (unpaired) electrons. The van der Waals surface area contributed by atoms with E-state index in [0.717, 1.165) is 10.5 Å². The minimum atomic E-state index is -4.09. The Morgan fingerprint density at radius 1 is 1.16 bits per heavy atom. The zero-order valence-electron chi connectivity index (χ0n) is 13.4. The number of hydrogen-bond acceptors (Lipinski definition) is 4. The van der Waals surface area contributed by atoms with Gasteiger partial charge in [0, 0.05) is 28.7 Å². The number of aromatic carboxylic acids is 1. The molecule has 0 heterocycles. The molecule has 0 unspecified atom stereocenters. The molecule has 2 rings (SSSR count). The van der Waals surface area contributed by atoms with E-state index in [2.05, 4.69) is 0 Å². The van der Waals surface area contributed by atoms with Crippen LogP contribution in [0.3, 0.4) is 0 Å². The van der Waals surface area contributed by atoms with Crippen molar-refractivity contribution in [3.8, 4) is 5.75 Å². The van der Waals surface area contributed by atoms with Gasteiger partial charge in [-0.3, -0.25) is 0 Å².